The molecule has 2 heterocycles. The summed E-state index contributed by atoms with van der Waals surface area (Å²) < 4.78 is 10.7. The number of ether oxygens (including phenoxy) is 2. The van der Waals surface area contributed by atoms with Crippen LogP contribution >= 0.6 is 11.3 Å². The second-order valence-corrected chi connectivity index (χ2v) is 6.96. The zero-order valence-corrected chi connectivity index (χ0v) is 13.9. The molecule has 1 saturated carbocycles. The lowest BCUT2D eigenvalue weighted by molar-refractivity contribution is 0.0722. The standard InChI is InChI=1S/C17H18N2O3S/c1-10(11-3-4-11)19(2)17(20)13-8-23-16(18-13)12-5-6-14-15(7-12)22-9-21-14/h5-8,10-11H,3-4,9H2,1-2H3. The van der Waals surface area contributed by atoms with E-state index in [1.165, 1.54) is 24.2 Å². The zero-order valence-electron chi connectivity index (χ0n) is 13.1. The molecular weight excluding hydrogens is 312 g/mol. The second-order valence-electron chi connectivity index (χ2n) is 6.10. The minimum atomic E-state index is -0.00681. The number of thiazole rings is 1. The van der Waals surface area contributed by atoms with Gasteiger partial charge in [-0.2, -0.15) is 0 Å². The Balaban J connectivity index is 1.55. The lowest BCUT2D eigenvalue weighted by atomic mass is 10.2. The van der Waals surface area contributed by atoms with Gasteiger partial charge >= 0.3 is 0 Å². The highest BCUT2D eigenvalue weighted by Crippen LogP contribution is 2.37. The second kappa shape index (κ2) is 5.53. The normalized spacial score (nSPS) is 17.1. The molecule has 2 aliphatic rings. The van der Waals surface area contributed by atoms with Crippen molar-refractivity contribution in [3.63, 3.8) is 0 Å². The summed E-state index contributed by atoms with van der Waals surface area (Å²) in [5.41, 5.74) is 1.45. The van der Waals surface area contributed by atoms with Crippen LogP contribution < -0.4 is 9.47 Å². The van der Waals surface area contributed by atoms with Crippen molar-refractivity contribution in [2.75, 3.05) is 13.8 Å². The van der Waals surface area contributed by atoms with Crippen molar-refractivity contribution >= 4 is 17.2 Å². The Morgan fingerprint density at radius 2 is 2.13 bits per heavy atom. The summed E-state index contributed by atoms with van der Waals surface area (Å²) in [4.78, 5) is 18.9. The summed E-state index contributed by atoms with van der Waals surface area (Å²) >= 11 is 1.47. The average molecular weight is 330 g/mol. The molecule has 0 N–H and O–H groups in total. The first-order valence-corrected chi connectivity index (χ1v) is 8.64. The molecule has 1 unspecified atom stereocenters. The van der Waals surface area contributed by atoms with Crippen LogP contribution in [0.2, 0.25) is 0 Å². The Kier molecular flexibility index (Phi) is 3.49. The molecule has 0 spiro atoms. The molecule has 5 nitrogen and oxygen atoms in total. The number of carbonyl (C=O) groups excluding carboxylic acids is 1. The molecule has 1 atom stereocenters. The van der Waals surface area contributed by atoms with Gasteiger partial charge in [0.2, 0.25) is 6.79 Å². The maximum atomic E-state index is 12.6. The van der Waals surface area contributed by atoms with Crippen molar-refractivity contribution in [1.82, 2.24) is 9.88 Å². The maximum Gasteiger partial charge on any atom is 0.273 e. The lowest BCUT2D eigenvalue weighted by Crippen LogP contribution is -2.36. The summed E-state index contributed by atoms with van der Waals surface area (Å²) in [5.74, 6) is 2.12. The van der Waals surface area contributed by atoms with Crippen LogP contribution in [0.1, 0.15) is 30.3 Å². The molecule has 23 heavy (non-hydrogen) atoms. The van der Waals surface area contributed by atoms with Gasteiger partial charge in [0.05, 0.1) is 0 Å². The summed E-state index contributed by atoms with van der Waals surface area (Å²) in [7, 11) is 1.87. The topological polar surface area (TPSA) is 51.7 Å². The molecule has 1 fully saturated rings. The molecule has 1 amide bonds. The van der Waals surface area contributed by atoms with Crippen molar-refractivity contribution in [2.24, 2.45) is 5.92 Å². The first-order chi connectivity index (χ1) is 11.1. The van der Waals surface area contributed by atoms with E-state index in [1.54, 1.807) is 0 Å². The number of rotatable bonds is 4. The summed E-state index contributed by atoms with van der Waals surface area (Å²) in [5, 5.41) is 2.65. The fourth-order valence-electron chi connectivity index (χ4n) is 2.79. The van der Waals surface area contributed by atoms with Gasteiger partial charge in [-0.1, -0.05) is 0 Å². The monoisotopic (exact) mass is 330 g/mol. The fourth-order valence-corrected chi connectivity index (χ4v) is 3.59. The van der Waals surface area contributed by atoms with Crippen molar-refractivity contribution in [3.05, 3.63) is 29.3 Å². The first-order valence-electron chi connectivity index (χ1n) is 7.76. The lowest BCUT2D eigenvalue weighted by Gasteiger charge is -2.23. The van der Waals surface area contributed by atoms with Gasteiger partial charge in [-0.3, -0.25) is 4.79 Å². The molecule has 1 aliphatic heterocycles. The molecule has 120 valence electrons. The number of amides is 1. The van der Waals surface area contributed by atoms with Crippen molar-refractivity contribution in [2.45, 2.75) is 25.8 Å². The van der Waals surface area contributed by atoms with Crippen LogP contribution in [-0.4, -0.2) is 35.7 Å². The number of benzene rings is 1. The molecule has 4 rings (SSSR count). The van der Waals surface area contributed by atoms with Gasteiger partial charge in [0.1, 0.15) is 10.7 Å². The van der Waals surface area contributed by atoms with Crippen molar-refractivity contribution in [1.29, 1.82) is 0 Å². The van der Waals surface area contributed by atoms with Gasteiger partial charge < -0.3 is 14.4 Å². The number of aromatic nitrogens is 1. The third kappa shape index (κ3) is 2.67. The first kappa shape index (κ1) is 14.5. The highest BCUT2D eigenvalue weighted by Gasteiger charge is 2.33. The SMILES string of the molecule is CC(C1CC1)N(C)C(=O)c1csc(-c2ccc3c(c2)OCO3)n1. The van der Waals surface area contributed by atoms with Crippen LogP contribution in [0.4, 0.5) is 0 Å². The quantitative estimate of drug-likeness (QED) is 0.862. The summed E-state index contributed by atoms with van der Waals surface area (Å²) in [6.45, 7) is 2.37. The van der Waals surface area contributed by atoms with Crippen LogP contribution in [0, 0.1) is 5.92 Å². The van der Waals surface area contributed by atoms with E-state index in [1.807, 2.05) is 35.5 Å². The molecule has 0 bridgehead atoms. The number of hydrogen-bond acceptors (Lipinski definition) is 5. The van der Waals surface area contributed by atoms with E-state index in [9.17, 15) is 4.79 Å². The van der Waals surface area contributed by atoms with Crippen LogP contribution in [0.3, 0.4) is 0 Å². The Morgan fingerprint density at radius 1 is 1.35 bits per heavy atom. The van der Waals surface area contributed by atoms with Crippen LogP contribution in [0.5, 0.6) is 11.5 Å². The Labute approximate surface area is 138 Å². The third-order valence-electron chi connectivity index (χ3n) is 4.58. The number of carbonyl (C=O) groups is 1. The van der Waals surface area contributed by atoms with Crippen LogP contribution in [0.15, 0.2) is 23.6 Å². The molecule has 0 radical (unpaired) electrons. The Bertz CT molecular complexity index is 754. The average Bonchev–Trinajstić information content (AvgIpc) is 3.11. The molecule has 2 aromatic rings. The molecule has 6 heteroatoms. The molecule has 1 aliphatic carbocycles. The highest BCUT2D eigenvalue weighted by molar-refractivity contribution is 7.13. The predicted molar refractivity (Wildman–Crippen MR) is 88.0 cm³/mol. The minimum Gasteiger partial charge on any atom is -0.454 e. The van der Waals surface area contributed by atoms with Gasteiger partial charge in [0, 0.05) is 24.0 Å². The van der Waals surface area contributed by atoms with E-state index in [4.69, 9.17) is 9.47 Å². The Morgan fingerprint density at radius 3 is 2.91 bits per heavy atom. The summed E-state index contributed by atoms with van der Waals surface area (Å²) in [6.07, 6.45) is 2.44. The van der Waals surface area contributed by atoms with E-state index in [0.717, 1.165) is 22.1 Å². The van der Waals surface area contributed by atoms with Gasteiger partial charge in [-0.25, -0.2) is 4.98 Å². The van der Waals surface area contributed by atoms with Gasteiger partial charge in [-0.15, -0.1) is 11.3 Å². The molecule has 1 aromatic carbocycles. The number of hydrogen-bond donors (Lipinski definition) is 0. The van der Waals surface area contributed by atoms with E-state index in [0.29, 0.717) is 11.6 Å². The molecular formula is C17H18N2O3S. The van der Waals surface area contributed by atoms with Gasteiger partial charge in [0.15, 0.2) is 11.5 Å². The number of fused-ring (bicyclic) bond motifs is 1. The van der Waals surface area contributed by atoms with E-state index in [2.05, 4.69) is 11.9 Å². The largest absolute Gasteiger partial charge is 0.454 e. The van der Waals surface area contributed by atoms with Crippen LogP contribution in [0.25, 0.3) is 10.6 Å². The zero-order chi connectivity index (χ0) is 16.0. The molecule has 1 aromatic heterocycles. The van der Waals surface area contributed by atoms with Gasteiger partial charge in [-0.05, 0) is 43.9 Å². The van der Waals surface area contributed by atoms with E-state index >= 15 is 0 Å². The minimum absolute atomic E-state index is 0.00681. The fraction of sp³-hybridized carbons (Fsp3) is 0.412. The van der Waals surface area contributed by atoms with Gasteiger partial charge in [0.25, 0.3) is 5.91 Å². The Hall–Kier alpha value is -2.08. The number of nitrogens with zero attached hydrogens (tertiary/aromatic N) is 2. The van der Waals surface area contributed by atoms with Crippen molar-refractivity contribution < 1.29 is 14.3 Å². The van der Waals surface area contributed by atoms with Crippen LogP contribution in [-0.2, 0) is 0 Å². The predicted octanol–water partition coefficient (Wildman–Crippen LogP) is 3.41. The molecule has 0 saturated heterocycles. The van der Waals surface area contributed by atoms with E-state index < -0.39 is 0 Å². The smallest absolute Gasteiger partial charge is 0.273 e. The summed E-state index contributed by atoms with van der Waals surface area (Å²) in [6, 6.07) is 6.00. The van der Waals surface area contributed by atoms with Crippen molar-refractivity contribution in [3.8, 4) is 22.1 Å². The van der Waals surface area contributed by atoms with E-state index in [-0.39, 0.29) is 18.7 Å². The highest BCUT2D eigenvalue weighted by atomic mass is 32.1. The maximum absolute atomic E-state index is 12.6. The third-order valence-corrected chi connectivity index (χ3v) is 5.47.